The predicted molar refractivity (Wildman–Crippen MR) is 139 cm³/mol. The maximum atomic E-state index is 14.4. The molecule has 5 aliphatic carbocycles. The standard InChI is InChI=1S/C30H32F3N5O/c31-30(32,33)27-23-6-5-21-3-1-2-4-22(21)26(23)34-25-14-24(35-38(25)27)28(39)36-7-9-37(10-8-36)29-15-18-11-19(16-29)13-20(12-18)17-29/h1-4,14,18-20H,5-13,15-17H2. The normalized spacial score (nSPS) is 30.0. The summed E-state index contributed by atoms with van der Waals surface area (Å²) in [6, 6.07) is 8.90. The first-order chi connectivity index (χ1) is 18.8. The number of halogens is 3. The molecule has 1 aliphatic heterocycles. The second kappa shape index (κ2) is 8.29. The highest BCUT2D eigenvalue weighted by molar-refractivity contribution is 5.93. The second-order valence-electron chi connectivity index (χ2n) is 12.7. The molecule has 0 spiro atoms. The summed E-state index contributed by atoms with van der Waals surface area (Å²) in [4.78, 5) is 22.6. The van der Waals surface area contributed by atoms with E-state index in [1.165, 1.54) is 44.6 Å². The first kappa shape index (κ1) is 23.9. The lowest BCUT2D eigenvalue weighted by molar-refractivity contribution is -0.143. The molecule has 9 heteroatoms. The Morgan fingerprint density at radius 3 is 2.26 bits per heavy atom. The Bertz CT molecular complexity index is 1450. The molecule has 4 bridgehead atoms. The molecule has 204 valence electrons. The number of rotatable bonds is 2. The fraction of sp³-hybridized carbons (Fsp3) is 0.567. The van der Waals surface area contributed by atoms with Crippen LogP contribution in [0, 0.1) is 17.8 Å². The third kappa shape index (κ3) is 3.68. The van der Waals surface area contributed by atoms with Gasteiger partial charge in [-0.1, -0.05) is 24.3 Å². The van der Waals surface area contributed by atoms with Gasteiger partial charge in [-0.15, -0.1) is 0 Å². The van der Waals surface area contributed by atoms with Gasteiger partial charge in [0.15, 0.2) is 17.0 Å². The van der Waals surface area contributed by atoms with Gasteiger partial charge in [0, 0.05) is 48.9 Å². The number of carbonyl (C=O) groups is 1. The molecule has 0 atom stereocenters. The quantitative estimate of drug-likeness (QED) is 0.451. The molecule has 0 radical (unpaired) electrons. The maximum absolute atomic E-state index is 14.4. The van der Waals surface area contributed by atoms with Crippen molar-refractivity contribution in [3.05, 3.63) is 52.8 Å². The number of fused-ring (bicyclic) bond motifs is 4. The zero-order valence-corrected chi connectivity index (χ0v) is 21.9. The second-order valence-corrected chi connectivity index (χ2v) is 12.7. The molecule has 3 heterocycles. The topological polar surface area (TPSA) is 53.7 Å². The number of hydrogen-bond acceptors (Lipinski definition) is 4. The molecule has 4 saturated carbocycles. The largest absolute Gasteiger partial charge is 0.433 e. The van der Waals surface area contributed by atoms with Crippen LogP contribution in [0.5, 0.6) is 0 Å². The molecule has 1 aromatic carbocycles. The van der Waals surface area contributed by atoms with E-state index in [9.17, 15) is 18.0 Å². The molecular formula is C30H32F3N5O. The van der Waals surface area contributed by atoms with Crippen molar-refractivity contribution >= 4 is 11.6 Å². The fourth-order valence-corrected chi connectivity index (χ4v) is 9.12. The third-order valence-corrected chi connectivity index (χ3v) is 10.3. The average Bonchev–Trinajstić information content (AvgIpc) is 3.33. The Morgan fingerprint density at radius 2 is 1.59 bits per heavy atom. The number of aromatic nitrogens is 3. The molecule has 2 aromatic heterocycles. The molecule has 9 rings (SSSR count). The molecule has 1 amide bonds. The van der Waals surface area contributed by atoms with Gasteiger partial charge in [0.05, 0.1) is 5.69 Å². The van der Waals surface area contributed by atoms with E-state index in [0.717, 1.165) is 46.5 Å². The van der Waals surface area contributed by atoms with Crippen molar-refractivity contribution in [2.45, 2.75) is 63.1 Å². The highest BCUT2D eigenvalue weighted by Crippen LogP contribution is 2.58. The van der Waals surface area contributed by atoms with Crippen molar-refractivity contribution in [2.75, 3.05) is 26.2 Å². The lowest BCUT2D eigenvalue weighted by Gasteiger charge is -2.61. The summed E-state index contributed by atoms with van der Waals surface area (Å²) in [5.74, 6) is 2.28. The van der Waals surface area contributed by atoms with E-state index in [-0.39, 0.29) is 29.2 Å². The van der Waals surface area contributed by atoms with Gasteiger partial charge in [0.25, 0.3) is 5.91 Å². The highest BCUT2D eigenvalue weighted by Gasteiger charge is 2.53. The van der Waals surface area contributed by atoms with Crippen LogP contribution in [-0.2, 0) is 19.0 Å². The summed E-state index contributed by atoms with van der Waals surface area (Å²) in [5.41, 5.74) is 1.79. The molecule has 39 heavy (non-hydrogen) atoms. The molecule has 5 fully saturated rings. The summed E-state index contributed by atoms with van der Waals surface area (Å²) >= 11 is 0. The minimum atomic E-state index is -4.62. The van der Waals surface area contributed by atoms with Crippen LogP contribution < -0.4 is 0 Å². The van der Waals surface area contributed by atoms with Crippen LogP contribution in [0.25, 0.3) is 16.9 Å². The number of carbonyl (C=O) groups excluding carboxylic acids is 1. The van der Waals surface area contributed by atoms with E-state index in [2.05, 4.69) is 15.0 Å². The van der Waals surface area contributed by atoms with Gasteiger partial charge >= 0.3 is 6.18 Å². The minimum absolute atomic E-state index is 0.0342. The smallest absolute Gasteiger partial charge is 0.335 e. The molecule has 3 aromatic rings. The first-order valence-corrected chi connectivity index (χ1v) is 14.4. The summed E-state index contributed by atoms with van der Waals surface area (Å²) in [6.45, 7) is 2.81. The Labute approximate surface area is 225 Å². The van der Waals surface area contributed by atoms with Crippen LogP contribution in [0.3, 0.4) is 0 Å². The Balaban J connectivity index is 1.08. The third-order valence-electron chi connectivity index (χ3n) is 10.3. The van der Waals surface area contributed by atoms with E-state index in [1.54, 1.807) is 4.90 Å². The Hall–Kier alpha value is -2.94. The van der Waals surface area contributed by atoms with Crippen molar-refractivity contribution < 1.29 is 18.0 Å². The van der Waals surface area contributed by atoms with Crippen molar-refractivity contribution in [2.24, 2.45) is 17.8 Å². The molecule has 6 nitrogen and oxygen atoms in total. The van der Waals surface area contributed by atoms with Crippen LogP contribution >= 0.6 is 0 Å². The van der Waals surface area contributed by atoms with Crippen LogP contribution in [0.1, 0.15) is 65.8 Å². The summed E-state index contributed by atoms with van der Waals surface area (Å²) < 4.78 is 44.1. The van der Waals surface area contributed by atoms with Crippen molar-refractivity contribution in [1.82, 2.24) is 24.4 Å². The number of aryl methyl sites for hydroxylation is 1. The monoisotopic (exact) mass is 535 g/mol. The summed E-state index contributed by atoms with van der Waals surface area (Å²) in [6.07, 6.45) is 4.20. The van der Waals surface area contributed by atoms with Gasteiger partial charge in [-0.25, -0.2) is 9.50 Å². The van der Waals surface area contributed by atoms with E-state index in [4.69, 9.17) is 0 Å². The number of alkyl halides is 3. The van der Waals surface area contributed by atoms with Crippen molar-refractivity contribution in [1.29, 1.82) is 0 Å². The van der Waals surface area contributed by atoms with Gasteiger partial charge in [0.1, 0.15) is 0 Å². The van der Waals surface area contributed by atoms with Crippen LogP contribution in [-0.4, -0.2) is 62.0 Å². The number of piperazine rings is 1. The van der Waals surface area contributed by atoms with Crippen LogP contribution in [0.15, 0.2) is 30.3 Å². The maximum Gasteiger partial charge on any atom is 0.433 e. The van der Waals surface area contributed by atoms with E-state index in [0.29, 0.717) is 30.7 Å². The van der Waals surface area contributed by atoms with Crippen LogP contribution in [0.2, 0.25) is 0 Å². The zero-order chi connectivity index (χ0) is 26.5. The number of nitrogens with zero attached hydrogens (tertiary/aromatic N) is 5. The minimum Gasteiger partial charge on any atom is -0.335 e. The number of hydrogen-bond donors (Lipinski definition) is 0. The lowest BCUT2D eigenvalue weighted by atomic mass is 9.52. The first-order valence-electron chi connectivity index (χ1n) is 14.4. The molecule has 0 N–H and O–H groups in total. The van der Waals surface area contributed by atoms with Gasteiger partial charge in [-0.05, 0) is 74.7 Å². The van der Waals surface area contributed by atoms with E-state index < -0.39 is 11.9 Å². The van der Waals surface area contributed by atoms with E-state index >= 15 is 0 Å². The van der Waals surface area contributed by atoms with Gasteiger partial charge < -0.3 is 4.90 Å². The van der Waals surface area contributed by atoms with Crippen LogP contribution in [0.4, 0.5) is 13.2 Å². The highest BCUT2D eigenvalue weighted by atomic mass is 19.4. The zero-order valence-electron chi connectivity index (χ0n) is 21.9. The predicted octanol–water partition coefficient (Wildman–Crippen LogP) is 5.24. The molecular weight excluding hydrogens is 503 g/mol. The van der Waals surface area contributed by atoms with Crippen molar-refractivity contribution in [3.8, 4) is 11.3 Å². The molecule has 6 aliphatic rings. The van der Waals surface area contributed by atoms with Gasteiger partial charge in [0.2, 0.25) is 0 Å². The lowest BCUT2D eigenvalue weighted by Crippen LogP contribution is -2.64. The molecule has 1 saturated heterocycles. The van der Waals surface area contributed by atoms with Crippen molar-refractivity contribution in [3.63, 3.8) is 0 Å². The Morgan fingerprint density at radius 1 is 0.923 bits per heavy atom. The Kier molecular flexibility index (Phi) is 5.08. The van der Waals surface area contributed by atoms with Gasteiger partial charge in [-0.2, -0.15) is 18.3 Å². The summed E-state index contributed by atoms with van der Waals surface area (Å²) in [7, 11) is 0. The SMILES string of the molecule is O=C(c1cc2nc3c(c(C(F)(F)F)n2n1)CCc1ccccc1-3)N1CCN(C23CC4CC(CC(C4)C2)C3)CC1. The number of amides is 1. The summed E-state index contributed by atoms with van der Waals surface area (Å²) in [5, 5.41) is 4.22. The fourth-order valence-electron chi connectivity index (χ4n) is 9.12. The average molecular weight is 536 g/mol. The van der Waals surface area contributed by atoms with Gasteiger partial charge in [-0.3, -0.25) is 9.69 Å². The molecule has 0 unspecified atom stereocenters. The van der Waals surface area contributed by atoms with E-state index in [1.807, 2.05) is 24.3 Å². The number of benzene rings is 1.